The lowest BCUT2D eigenvalue weighted by Crippen LogP contribution is -2.32. The van der Waals surface area contributed by atoms with Gasteiger partial charge >= 0.3 is 0 Å². The van der Waals surface area contributed by atoms with Crippen molar-refractivity contribution in [3.8, 4) is 0 Å². The molecule has 0 atom stereocenters. The van der Waals surface area contributed by atoms with Crippen molar-refractivity contribution in [2.75, 3.05) is 0 Å². The topological polar surface area (TPSA) is 5.90 Å². The molecule has 0 amide bonds. The van der Waals surface area contributed by atoms with Crippen LogP contribution in [0, 0.1) is 6.72 Å². The Morgan fingerprint density at radius 1 is 1.33 bits per heavy atom. The van der Waals surface area contributed by atoms with E-state index in [1.165, 1.54) is 0 Å². The van der Waals surface area contributed by atoms with E-state index in [-0.39, 0.29) is 0 Å². The summed E-state index contributed by atoms with van der Waals surface area (Å²) in [4.78, 5) is 0. The molecule has 1 aliphatic carbocycles. The first-order valence-electron chi connectivity index (χ1n) is 3.69. The van der Waals surface area contributed by atoms with Gasteiger partial charge in [0.05, 0.1) is 12.1 Å². The van der Waals surface area contributed by atoms with E-state index in [4.69, 9.17) is 11.6 Å². The van der Waals surface area contributed by atoms with Gasteiger partial charge in [-0.1, -0.05) is 47.5 Å². The second-order valence-electron chi connectivity index (χ2n) is 2.65. The summed E-state index contributed by atoms with van der Waals surface area (Å²) in [7, 11) is 0. The van der Waals surface area contributed by atoms with Crippen molar-refractivity contribution in [3.63, 3.8) is 0 Å². The Labute approximate surface area is 75.6 Å². The van der Waals surface area contributed by atoms with Gasteiger partial charge in [0, 0.05) is 0 Å². The van der Waals surface area contributed by atoms with Crippen LogP contribution in [-0.4, -0.2) is 0 Å². The molecule has 0 saturated carbocycles. The average molecular weight is 178 g/mol. The summed E-state index contributed by atoms with van der Waals surface area (Å²) >= 11 is 5.90. The number of hydrogen-bond donors (Lipinski definition) is 0. The van der Waals surface area contributed by atoms with Crippen molar-refractivity contribution < 1.29 is 4.24 Å². The molecule has 1 aliphatic rings. The van der Waals surface area contributed by atoms with Gasteiger partial charge in [-0.2, -0.15) is 0 Å². The molecule has 1 aromatic heterocycles. The van der Waals surface area contributed by atoms with Crippen LogP contribution in [-0.2, 0) is 0 Å². The monoisotopic (exact) mass is 177 g/mol. The van der Waals surface area contributed by atoms with Gasteiger partial charge in [-0.25, -0.2) is 0 Å². The van der Waals surface area contributed by atoms with Gasteiger partial charge in [0.15, 0.2) is 5.15 Å². The van der Waals surface area contributed by atoms with Crippen molar-refractivity contribution in [2.24, 2.45) is 0 Å². The fourth-order valence-corrected chi connectivity index (χ4v) is 1.45. The number of halogens is 1. The lowest BCUT2D eigenvalue weighted by Gasteiger charge is -1.82. The Balaban J connectivity index is 2.89. The van der Waals surface area contributed by atoms with Gasteiger partial charge in [0.2, 0.25) is 0 Å². The van der Waals surface area contributed by atoms with E-state index in [2.05, 4.69) is 6.72 Å². The molecular formula is C10H8ClN. The number of hydrogen-bond acceptors (Lipinski definition) is 0. The quantitative estimate of drug-likeness (QED) is 0.417. The number of fused-ring (bicyclic) bond motifs is 1. The molecule has 12 heavy (non-hydrogen) atoms. The summed E-state index contributed by atoms with van der Waals surface area (Å²) in [6.07, 6.45) is 9.95. The maximum absolute atomic E-state index is 5.90. The van der Waals surface area contributed by atoms with E-state index in [1.54, 1.807) is 4.24 Å². The number of aromatic nitrogens is 1. The summed E-state index contributed by atoms with van der Waals surface area (Å²) in [5.74, 6) is 0. The summed E-state index contributed by atoms with van der Waals surface area (Å²) < 4.78 is 1.72. The second kappa shape index (κ2) is 2.68. The molecule has 1 heterocycles. The van der Waals surface area contributed by atoms with E-state index >= 15 is 0 Å². The number of allylic oxidation sites excluding steroid dienone is 3. The zero-order valence-electron chi connectivity index (χ0n) is 6.50. The van der Waals surface area contributed by atoms with Gasteiger partial charge in [-0.05, 0) is 6.08 Å². The Bertz CT molecular complexity index is 463. The Morgan fingerprint density at radius 3 is 3.00 bits per heavy atom. The molecular weight excluding hydrogens is 170 g/mol. The highest BCUT2D eigenvalue weighted by atomic mass is 35.5. The van der Waals surface area contributed by atoms with E-state index in [9.17, 15) is 0 Å². The van der Waals surface area contributed by atoms with Crippen LogP contribution in [0.15, 0.2) is 24.3 Å². The molecule has 60 valence electrons. The van der Waals surface area contributed by atoms with Crippen molar-refractivity contribution in [1.29, 1.82) is 0 Å². The summed E-state index contributed by atoms with van der Waals surface area (Å²) in [6, 6.07) is 1.91. The van der Waals surface area contributed by atoms with Gasteiger partial charge in [0.25, 0.3) is 0 Å². The minimum atomic E-state index is 0.663. The van der Waals surface area contributed by atoms with Crippen LogP contribution in [0.25, 0.3) is 12.2 Å². The molecule has 0 unspecified atom stereocenters. The molecule has 0 spiro atoms. The third-order valence-corrected chi connectivity index (χ3v) is 2.18. The van der Waals surface area contributed by atoms with Crippen LogP contribution in [0.4, 0.5) is 0 Å². The van der Waals surface area contributed by atoms with Crippen molar-refractivity contribution in [3.05, 3.63) is 47.1 Å². The number of nitrogens with zero attached hydrogens (tertiary/aromatic N) is 1. The summed E-state index contributed by atoms with van der Waals surface area (Å²) in [5.41, 5.74) is 1.11. The second-order valence-corrected chi connectivity index (χ2v) is 3.03. The lowest BCUT2D eigenvalue weighted by atomic mass is 10.3. The van der Waals surface area contributed by atoms with Crippen LogP contribution in [0.3, 0.4) is 0 Å². The molecule has 0 fully saturated rings. The van der Waals surface area contributed by atoms with Gasteiger partial charge in [-0.15, -0.1) is 0 Å². The van der Waals surface area contributed by atoms with E-state index < -0.39 is 0 Å². The SMILES string of the molecule is C=[n+]1c2c(c[c-]1Cl)C=CC=CC=2. The zero-order valence-corrected chi connectivity index (χ0v) is 7.25. The first kappa shape index (κ1) is 7.44. The fourth-order valence-electron chi connectivity index (χ4n) is 1.24. The smallest absolute Gasteiger partial charge is 0.190 e. The van der Waals surface area contributed by atoms with Crippen LogP contribution < -0.4 is 9.59 Å². The lowest BCUT2D eigenvalue weighted by molar-refractivity contribution is -0.507. The highest BCUT2D eigenvalue weighted by molar-refractivity contribution is 6.28. The van der Waals surface area contributed by atoms with Crippen molar-refractivity contribution >= 4 is 23.8 Å². The normalized spacial score (nSPS) is 13.8. The van der Waals surface area contributed by atoms with Crippen molar-refractivity contribution in [1.82, 2.24) is 0 Å². The highest BCUT2D eigenvalue weighted by Crippen LogP contribution is 2.04. The summed E-state index contributed by atoms with van der Waals surface area (Å²) in [5, 5.41) is 1.71. The first-order valence-corrected chi connectivity index (χ1v) is 4.07. The molecule has 0 bridgehead atoms. The van der Waals surface area contributed by atoms with Gasteiger partial charge < -0.3 is 0 Å². The number of rotatable bonds is 0. The third kappa shape index (κ3) is 1.03. The predicted molar refractivity (Wildman–Crippen MR) is 50.3 cm³/mol. The standard InChI is InChI=1S/C10H8ClN/c1-12-9-6-4-2-3-5-8(9)7-10(12)11/h2-7H,1H2. The van der Waals surface area contributed by atoms with Gasteiger partial charge in [0.1, 0.15) is 0 Å². The molecule has 0 saturated heterocycles. The van der Waals surface area contributed by atoms with Crippen LogP contribution in [0.2, 0.25) is 5.15 Å². The van der Waals surface area contributed by atoms with Crippen LogP contribution >= 0.6 is 11.6 Å². The van der Waals surface area contributed by atoms with E-state index in [1.807, 2.05) is 36.4 Å². The summed E-state index contributed by atoms with van der Waals surface area (Å²) in [6.45, 7) is 3.82. The maximum Gasteiger partial charge on any atom is 0.190 e. The third-order valence-electron chi connectivity index (χ3n) is 1.87. The Kier molecular flexibility index (Phi) is 1.66. The van der Waals surface area contributed by atoms with Crippen LogP contribution in [0.5, 0.6) is 0 Å². The van der Waals surface area contributed by atoms with E-state index in [0.29, 0.717) is 5.15 Å². The van der Waals surface area contributed by atoms with E-state index in [0.717, 1.165) is 10.9 Å². The molecule has 2 rings (SSSR count). The average Bonchev–Trinajstić information content (AvgIpc) is 2.30. The molecule has 0 N–H and O–H groups in total. The maximum atomic E-state index is 5.90. The molecule has 0 radical (unpaired) electrons. The highest BCUT2D eigenvalue weighted by Gasteiger charge is 1.99. The minimum absolute atomic E-state index is 0.663. The Morgan fingerprint density at radius 2 is 2.17 bits per heavy atom. The first-order chi connectivity index (χ1) is 5.79. The predicted octanol–water partition coefficient (Wildman–Crippen LogP) is 1.35. The molecule has 0 aromatic carbocycles. The largest absolute Gasteiger partial charge is 0.286 e. The van der Waals surface area contributed by atoms with Gasteiger partial charge in [-0.3, -0.25) is 4.24 Å². The molecule has 1 nitrogen and oxygen atoms in total. The Hall–Kier alpha value is -1.21. The minimum Gasteiger partial charge on any atom is -0.286 e. The van der Waals surface area contributed by atoms with Crippen LogP contribution in [0.1, 0.15) is 5.56 Å². The zero-order chi connectivity index (χ0) is 8.55. The van der Waals surface area contributed by atoms with Crippen molar-refractivity contribution in [2.45, 2.75) is 0 Å². The molecule has 2 heteroatoms. The fraction of sp³-hybridized carbons (Fsp3) is 0. The molecule has 1 aromatic rings. The molecule has 0 aliphatic heterocycles.